The first-order chi connectivity index (χ1) is 8.12. The van der Waals surface area contributed by atoms with E-state index in [1.807, 2.05) is 0 Å². The zero-order valence-electron chi connectivity index (χ0n) is 11.4. The SMILES string of the molecule is CN(CCNC(=O)C1(N)CCOCC1)C1CC1.Cl.Cl. The number of hydrogen-bond acceptors (Lipinski definition) is 4. The number of nitrogens with one attached hydrogen (secondary N) is 1. The van der Waals surface area contributed by atoms with Gasteiger partial charge in [0, 0.05) is 32.3 Å². The van der Waals surface area contributed by atoms with Crippen molar-refractivity contribution in [1.82, 2.24) is 10.2 Å². The molecule has 1 aliphatic heterocycles. The summed E-state index contributed by atoms with van der Waals surface area (Å²) in [5.74, 6) is -0.0232. The average Bonchev–Trinajstić information content (AvgIpc) is 3.13. The highest BCUT2D eigenvalue weighted by Crippen LogP contribution is 2.24. The molecule has 0 aromatic heterocycles. The topological polar surface area (TPSA) is 67.6 Å². The van der Waals surface area contributed by atoms with E-state index in [2.05, 4.69) is 17.3 Å². The molecule has 7 heteroatoms. The van der Waals surface area contributed by atoms with Crippen molar-refractivity contribution in [3.05, 3.63) is 0 Å². The second-order valence-electron chi connectivity index (χ2n) is 5.24. The van der Waals surface area contributed by atoms with E-state index in [0.29, 0.717) is 32.6 Å². The van der Waals surface area contributed by atoms with Crippen LogP contribution in [-0.4, -0.2) is 55.7 Å². The summed E-state index contributed by atoms with van der Waals surface area (Å²) in [5.41, 5.74) is 5.37. The highest BCUT2D eigenvalue weighted by atomic mass is 35.5. The van der Waals surface area contributed by atoms with Gasteiger partial charge < -0.3 is 20.7 Å². The normalized spacial score (nSPS) is 21.2. The highest BCUT2D eigenvalue weighted by molar-refractivity contribution is 5.86. The molecule has 1 saturated heterocycles. The van der Waals surface area contributed by atoms with Gasteiger partial charge in [-0.15, -0.1) is 24.8 Å². The number of carbonyl (C=O) groups is 1. The lowest BCUT2D eigenvalue weighted by molar-refractivity contribution is -0.129. The Morgan fingerprint density at radius 2 is 1.95 bits per heavy atom. The average molecular weight is 314 g/mol. The van der Waals surface area contributed by atoms with Crippen LogP contribution in [0, 0.1) is 0 Å². The molecule has 1 amide bonds. The predicted octanol–water partition coefficient (Wildman–Crippen LogP) is 0.548. The molecule has 0 bridgehead atoms. The molecule has 1 aliphatic carbocycles. The summed E-state index contributed by atoms with van der Waals surface area (Å²) in [6, 6.07) is 0.738. The second-order valence-corrected chi connectivity index (χ2v) is 5.24. The number of rotatable bonds is 5. The molecule has 0 atom stereocenters. The summed E-state index contributed by atoms with van der Waals surface area (Å²) in [6.45, 7) is 2.77. The van der Waals surface area contributed by atoms with Crippen molar-refractivity contribution in [2.75, 3.05) is 33.4 Å². The molecule has 19 heavy (non-hydrogen) atoms. The molecule has 0 radical (unpaired) electrons. The summed E-state index contributed by atoms with van der Waals surface area (Å²) in [7, 11) is 2.11. The monoisotopic (exact) mass is 313 g/mol. The molecule has 0 aromatic rings. The number of likely N-dealkylation sites (N-methyl/N-ethyl adjacent to an activating group) is 1. The van der Waals surface area contributed by atoms with E-state index in [4.69, 9.17) is 10.5 Å². The van der Waals surface area contributed by atoms with Crippen LogP contribution in [-0.2, 0) is 9.53 Å². The Kier molecular flexibility index (Phi) is 8.24. The highest BCUT2D eigenvalue weighted by Gasteiger charge is 2.35. The van der Waals surface area contributed by atoms with Crippen molar-refractivity contribution in [3.8, 4) is 0 Å². The maximum absolute atomic E-state index is 12.0. The number of nitrogens with two attached hydrogens (primary N) is 1. The standard InChI is InChI=1S/C12H23N3O2.2ClH/c1-15(10-2-3-10)7-6-14-11(16)12(13)4-8-17-9-5-12;;/h10H,2-9,13H2,1H3,(H,14,16);2*1H. The summed E-state index contributed by atoms with van der Waals surface area (Å²) < 4.78 is 5.23. The van der Waals surface area contributed by atoms with Crippen LogP contribution in [0.15, 0.2) is 0 Å². The first kappa shape index (κ1) is 18.9. The molecule has 2 aliphatic rings. The van der Waals surface area contributed by atoms with E-state index < -0.39 is 5.54 Å². The molecule has 5 nitrogen and oxygen atoms in total. The van der Waals surface area contributed by atoms with E-state index in [0.717, 1.165) is 12.6 Å². The number of amides is 1. The third kappa shape index (κ3) is 5.44. The number of ether oxygens (including phenoxy) is 1. The summed E-state index contributed by atoms with van der Waals surface area (Å²) in [4.78, 5) is 14.3. The molecule has 0 unspecified atom stereocenters. The molecule has 0 spiro atoms. The number of hydrogen-bond donors (Lipinski definition) is 2. The Bertz CT molecular complexity index is 282. The third-order valence-corrected chi connectivity index (χ3v) is 3.76. The minimum atomic E-state index is -0.712. The number of nitrogens with zero attached hydrogens (tertiary/aromatic N) is 1. The van der Waals surface area contributed by atoms with E-state index >= 15 is 0 Å². The second kappa shape index (κ2) is 8.27. The summed E-state index contributed by atoms with van der Waals surface area (Å²) in [6.07, 6.45) is 3.83. The first-order valence-electron chi connectivity index (χ1n) is 6.47. The maximum Gasteiger partial charge on any atom is 0.240 e. The summed E-state index contributed by atoms with van der Waals surface area (Å²) in [5, 5.41) is 2.95. The molecular formula is C12H25Cl2N3O2. The Labute approximate surface area is 127 Å². The van der Waals surface area contributed by atoms with Gasteiger partial charge in [-0.05, 0) is 32.7 Å². The van der Waals surface area contributed by atoms with Crippen molar-refractivity contribution in [2.45, 2.75) is 37.3 Å². The van der Waals surface area contributed by atoms with Crippen LogP contribution in [0.25, 0.3) is 0 Å². The lowest BCUT2D eigenvalue weighted by Gasteiger charge is -2.32. The third-order valence-electron chi connectivity index (χ3n) is 3.76. The van der Waals surface area contributed by atoms with Crippen molar-refractivity contribution in [1.29, 1.82) is 0 Å². The molecule has 2 fully saturated rings. The fourth-order valence-electron chi connectivity index (χ4n) is 2.18. The predicted molar refractivity (Wildman–Crippen MR) is 80.1 cm³/mol. The van der Waals surface area contributed by atoms with Gasteiger partial charge in [0.2, 0.25) is 5.91 Å². The molecule has 114 valence electrons. The van der Waals surface area contributed by atoms with Crippen LogP contribution in [0.3, 0.4) is 0 Å². The number of carbonyl (C=O) groups excluding carboxylic acids is 1. The van der Waals surface area contributed by atoms with Gasteiger partial charge in [-0.3, -0.25) is 4.79 Å². The zero-order chi connectivity index (χ0) is 12.3. The Morgan fingerprint density at radius 3 is 2.47 bits per heavy atom. The van der Waals surface area contributed by atoms with E-state index in [1.165, 1.54) is 12.8 Å². The molecule has 2 rings (SSSR count). The van der Waals surface area contributed by atoms with Gasteiger partial charge in [-0.2, -0.15) is 0 Å². The van der Waals surface area contributed by atoms with Crippen molar-refractivity contribution in [3.63, 3.8) is 0 Å². The van der Waals surface area contributed by atoms with Gasteiger partial charge in [0.25, 0.3) is 0 Å². The minimum Gasteiger partial charge on any atom is -0.381 e. The fraction of sp³-hybridized carbons (Fsp3) is 0.917. The van der Waals surface area contributed by atoms with E-state index in [-0.39, 0.29) is 30.7 Å². The Hall–Kier alpha value is -0.0700. The van der Waals surface area contributed by atoms with Crippen LogP contribution < -0.4 is 11.1 Å². The van der Waals surface area contributed by atoms with Gasteiger partial charge in [0.1, 0.15) is 0 Å². The van der Waals surface area contributed by atoms with Crippen LogP contribution >= 0.6 is 24.8 Å². The molecule has 1 saturated carbocycles. The zero-order valence-corrected chi connectivity index (χ0v) is 13.0. The Morgan fingerprint density at radius 1 is 1.37 bits per heavy atom. The van der Waals surface area contributed by atoms with Gasteiger partial charge in [0.15, 0.2) is 0 Å². The lowest BCUT2D eigenvalue weighted by Crippen LogP contribution is -2.57. The van der Waals surface area contributed by atoms with Gasteiger partial charge in [0.05, 0.1) is 5.54 Å². The molecular weight excluding hydrogens is 289 g/mol. The van der Waals surface area contributed by atoms with Gasteiger partial charge in [-0.1, -0.05) is 0 Å². The van der Waals surface area contributed by atoms with Crippen molar-refractivity contribution >= 4 is 30.7 Å². The van der Waals surface area contributed by atoms with Crippen LogP contribution in [0.4, 0.5) is 0 Å². The van der Waals surface area contributed by atoms with Crippen LogP contribution in [0.5, 0.6) is 0 Å². The first-order valence-corrected chi connectivity index (χ1v) is 6.47. The van der Waals surface area contributed by atoms with Crippen LogP contribution in [0.1, 0.15) is 25.7 Å². The lowest BCUT2D eigenvalue weighted by atomic mass is 9.90. The summed E-state index contributed by atoms with van der Waals surface area (Å²) >= 11 is 0. The van der Waals surface area contributed by atoms with E-state index in [9.17, 15) is 4.79 Å². The molecule has 3 N–H and O–H groups in total. The van der Waals surface area contributed by atoms with E-state index in [1.54, 1.807) is 0 Å². The minimum absolute atomic E-state index is 0. The Balaban J connectivity index is 0.00000162. The van der Waals surface area contributed by atoms with Crippen molar-refractivity contribution in [2.24, 2.45) is 5.73 Å². The maximum atomic E-state index is 12.0. The largest absolute Gasteiger partial charge is 0.381 e. The smallest absolute Gasteiger partial charge is 0.240 e. The van der Waals surface area contributed by atoms with Crippen LogP contribution in [0.2, 0.25) is 0 Å². The number of halogens is 2. The van der Waals surface area contributed by atoms with Gasteiger partial charge >= 0.3 is 0 Å². The molecule has 1 heterocycles. The van der Waals surface area contributed by atoms with Gasteiger partial charge in [-0.25, -0.2) is 0 Å². The fourth-order valence-corrected chi connectivity index (χ4v) is 2.18. The quantitative estimate of drug-likeness (QED) is 0.778. The van der Waals surface area contributed by atoms with Crippen molar-refractivity contribution < 1.29 is 9.53 Å². The molecule has 0 aromatic carbocycles.